The highest BCUT2D eigenvalue weighted by Crippen LogP contribution is 2.41. The van der Waals surface area contributed by atoms with Gasteiger partial charge in [-0.25, -0.2) is 9.97 Å². The number of anilines is 1. The number of hydrogen-bond acceptors (Lipinski definition) is 5. The summed E-state index contributed by atoms with van der Waals surface area (Å²) >= 11 is 6.01. The van der Waals surface area contributed by atoms with Crippen molar-refractivity contribution in [3.05, 3.63) is 64.1 Å². The zero-order valence-electron chi connectivity index (χ0n) is 17.3. The van der Waals surface area contributed by atoms with Crippen LogP contribution in [0.15, 0.2) is 36.4 Å². The molecule has 1 fully saturated rings. The number of nitrogens with zero attached hydrogens (tertiary/aromatic N) is 4. The van der Waals surface area contributed by atoms with Gasteiger partial charge >= 0.3 is 0 Å². The molecule has 2 N–H and O–H groups in total. The molecule has 1 aliphatic rings. The number of aryl methyl sites for hydroxylation is 3. The molecule has 0 aliphatic heterocycles. The van der Waals surface area contributed by atoms with Crippen molar-refractivity contribution in [1.82, 2.24) is 25.1 Å². The first kappa shape index (κ1) is 20.5. The molecule has 30 heavy (non-hydrogen) atoms. The molecule has 1 aliphatic carbocycles. The van der Waals surface area contributed by atoms with E-state index in [1.165, 1.54) is 0 Å². The van der Waals surface area contributed by atoms with E-state index >= 15 is 0 Å². The van der Waals surface area contributed by atoms with Crippen LogP contribution in [-0.2, 0) is 4.79 Å². The molecule has 1 aromatic carbocycles. The maximum absolute atomic E-state index is 12.7. The lowest BCUT2D eigenvalue weighted by Crippen LogP contribution is -2.32. The van der Waals surface area contributed by atoms with Crippen LogP contribution in [0.1, 0.15) is 41.5 Å². The normalized spacial score (nSPS) is 14.5. The van der Waals surface area contributed by atoms with E-state index in [-0.39, 0.29) is 18.5 Å². The fraction of sp³-hybridized carbons (Fsp3) is 0.364. The minimum atomic E-state index is -0.139. The third-order valence-electron chi connectivity index (χ3n) is 5.06. The third-order valence-corrected chi connectivity index (χ3v) is 5.32. The molecule has 156 valence electrons. The Morgan fingerprint density at radius 2 is 1.77 bits per heavy atom. The van der Waals surface area contributed by atoms with Crippen molar-refractivity contribution in [2.24, 2.45) is 5.92 Å². The van der Waals surface area contributed by atoms with Crippen LogP contribution in [0.25, 0.3) is 5.95 Å². The first-order chi connectivity index (χ1) is 14.4. The second-order valence-electron chi connectivity index (χ2n) is 7.83. The number of aromatic nitrogens is 4. The topological polar surface area (TPSA) is 84.7 Å². The molecule has 3 aromatic rings. The van der Waals surface area contributed by atoms with Gasteiger partial charge in [0.05, 0.1) is 12.2 Å². The predicted octanol–water partition coefficient (Wildman–Crippen LogP) is 3.92. The van der Waals surface area contributed by atoms with Crippen molar-refractivity contribution < 1.29 is 4.79 Å². The zero-order valence-corrected chi connectivity index (χ0v) is 18.1. The fourth-order valence-corrected chi connectivity index (χ4v) is 3.72. The summed E-state index contributed by atoms with van der Waals surface area (Å²) in [5.41, 5.74) is 3.62. The maximum Gasteiger partial charge on any atom is 0.252 e. The van der Waals surface area contributed by atoms with Crippen molar-refractivity contribution in [2.75, 3.05) is 11.9 Å². The van der Waals surface area contributed by atoms with Crippen LogP contribution in [0.4, 0.5) is 5.82 Å². The summed E-state index contributed by atoms with van der Waals surface area (Å²) in [6.07, 6.45) is 2.33. The van der Waals surface area contributed by atoms with E-state index in [4.69, 9.17) is 11.6 Å². The van der Waals surface area contributed by atoms with Gasteiger partial charge in [-0.05, 0) is 63.3 Å². The molecule has 2 heterocycles. The highest BCUT2D eigenvalue weighted by atomic mass is 35.5. The Balaban J connectivity index is 1.46. The molecule has 1 amide bonds. The molecule has 0 spiro atoms. The monoisotopic (exact) mass is 424 g/mol. The lowest BCUT2D eigenvalue weighted by molar-refractivity contribution is -0.115. The molecule has 1 atom stereocenters. The number of rotatable bonds is 7. The fourth-order valence-electron chi connectivity index (χ4n) is 3.59. The molecule has 7 nitrogen and oxygen atoms in total. The lowest BCUT2D eigenvalue weighted by Gasteiger charge is -2.19. The second kappa shape index (κ2) is 8.53. The summed E-state index contributed by atoms with van der Waals surface area (Å²) in [6.45, 7) is 5.88. The van der Waals surface area contributed by atoms with Crippen molar-refractivity contribution in [3.8, 4) is 5.95 Å². The molecular formula is C22H25ClN6O. The van der Waals surface area contributed by atoms with Crippen LogP contribution < -0.4 is 10.6 Å². The largest absolute Gasteiger partial charge is 0.309 e. The number of benzene rings is 1. The van der Waals surface area contributed by atoms with Gasteiger partial charge in [0.1, 0.15) is 5.82 Å². The molecule has 1 unspecified atom stereocenters. The number of amides is 1. The van der Waals surface area contributed by atoms with Crippen LogP contribution in [-0.4, -0.2) is 32.2 Å². The van der Waals surface area contributed by atoms with Crippen molar-refractivity contribution >= 4 is 23.3 Å². The van der Waals surface area contributed by atoms with Gasteiger partial charge < -0.3 is 10.6 Å². The zero-order chi connectivity index (χ0) is 21.3. The minimum absolute atomic E-state index is 0.139. The van der Waals surface area contributed by atoms with E-state index in [1.54, 1.807) is 4.68 Å². The Morgan fingerprint density at radius 1 is 1.10 bits per heavy atom. The maximum atomic E-state index is 12.7. The van der Waals surface area contributed by atoms with Crippen LogP contribution in [0.5, 0.6) is 0 Å². The minimum Gasteiger partial charge on any atom is -0.309 e. The van der Waals surface area contributed by atoms with E-state index in [0.717, 1.165) is 35.5 Å². The Bertz CT molecular complexity index is 1040. The molecular weight excluding hydrogens is 400 g/mol. The first-order valence-corrected chi connectivity index (χ1v) is 10.4. The third kappa shape index (κ3) is 4.86. The number of nitrogens with one attached hydrogen (secondary N) is 2. The van der Waals surface area contributed by atoms with Crippen molar-refractivity contribution in [1.29, 1.82) is 0 Å². The van der Waals surface area contributed by atoms with Crippen molar-refractivity contribution in [2.45, 2.75) is 39.7 Å². The second-order valence-corrected chi connectivity index (χ2v) is 8.27. The Labute approximate surface area is 180 Å². The number of hydrogen-bond donors (Lipinski definition) is 2. The van der Waals surface area contributed by atoms with E-state index in [2.05, 4.69) is 25.7 Å². The highest BCUT2D eigenvalue weighted by Gasteiger charge is 2.32. The van der Waals surface area contributed by atoms with Gasteiger partial charge in [-0.15, -0.1) is 0 Å². The molecule has 2 aromatic heterocycles. The van der Waals surface area contributed by atoms with Gasteiger partial charge in [0.25, 0.3) is 5.95 Å². The van der Waals surface area contributed by atoms with Crippen LogP contribution in [0.3, 0.4) is 0 Å². The smallest absolute Gasteiger partial charge is 0.252 e. The average Bonchev–Trinajstić information content (AvgIpc) is 3.45. The number of carbonyl (C=O) groups excluding carboxylic acids is 1. The Hall–Kier alpha value is -2.77. The van der Waals surface area contributed by atoms with Crippen LogP contribution in [0, 0.1) is 26.7 Å². The quantitative estimate of drug-likeness (QED) is 0.600. The lowest BCUT2D eigenvalue weighted by atomic mass is 10.0. The summed E-state index contributed by atoms with van der Waals surface area (Å²) in [4.78, 5) is 21.6. The van der Waals surface area contributed by atoms with Gasteiger partial charge in [0.15, 0.2) is 0 Å². The van der Waals surface area contributed by atoms with Gasteiger partial charge in [-0.3, -0.25) is 4.79 Å². The standard InChI is InChI=1S/C22H25ClN6O/c1-13-10-14(2)26-22(25-13)29-19(11-15(3)28-29)27-20(30)12-24-21(16-4-5-16)17-6-8-18(23)9-7-17/h6-11,16,21,24H,4-5,12H2,1-3H3,(H,27,30). The van der Waals surface area contributed by atoms with E-state index in [0.29, 0.717) is 22.7 Å². The van der Waals surface area contributed by atoms with Gasteiger partial charge in [-0.1, -0.05) is 23.7 Å². The van der Waals surface area contributed by atoms with Gasteiger partial charge in [0, 0.05) is 28.5 Å². The Morgan fingerprint density at radius 3 is 2.40 bits per heavy atom. The number of carbonyl (C=O) groups is 1. The molecule has 0 radical (unpaired) electrons. The van der Waals surface area contributed by atoms with Crippen LogP contribution >= 0.6 is 11.6 Å². The molecule has 4 rings (SSSR count). The Kier molecular flexibility index (Phi) is 5.83. The summed E-state index contributed by atoms with van der Waals surface area (Å²) < 4.78 is 1.57. The van der Waals surface area contributed by atoms with Crippen molar-refractivity contribution in [3.63, 3.8) is 0 Å². The molecule has 8 heteroatoms. The highest BCUT2D eigenvalue weighted by molar-refractivity contribution is 6.30. The number of halogens is 1. The summed E-state index contributed by atoms with van der Waals surface area (Å²) in [5, 5.41) is 11.5. The summed E-state index contributed by atoms with van der Waals surface area (Å²) in [7, 11) is 0. The van der Waals surface area contributed by atoms with E-state index in [9.17, 15) is 4.79 Å². The predicted molar refractivity (Wildman–Crippen MR) is 117 cm³/mol. The SMILES string of the molecule is Cc1cc(C)nc(-n2nc(C)cc2NC(=O)CNC(c2ccc(Cl)cc2)C2CC2)n1. The molecule has 0 bridgehead atoms. The molecule has 1 saturated carbocycles. The van der Waals surface area contributed by atoms with E-state index in [1.807, 2.05) is 57.2 Å². The average molecular weight is 425 g/mol. The first-order valence-electron chi connectivity index (χ1n) is 10.1. The summed E-state index contributed by atoms with van der Waals surface area (Å²) in [6, 6.07) is 11.7. The van der Waals surface area contributed by atoms with Crippen LogP contribution in [0.2, 0.25) is 5.02 Å². The van der Waals surface area contributed by atoms with Gasteiger partial charge in [0.2, 0.25) is 5.91 Å². The summed E-state index contributed by atoms with van der Waals surface area (Å²) in [5.74, 6) is 1.41. The van der Waals surface area contributed by atoms with Gasteiger partial charge in [-0.2, -0.15) is 9.78 Å². The van der Waals surface area contributed by atoms with E-state index < -0.39 is 0 Å². The molecule has 0 saturated heterocycles.